The highest BCUT2D eigenvalue weighted by molar-refractivity contribution is 7.09. The number of aryl methyl sites for hydroxylation is 1. The maximum atomic E-state index is 9.58. The summed E-state index contributed by atoms with van der Waals surface area (Å²) in [6, 6.07) is 0. The largest absolute Gasteiger partial charge is 0.387 e. The summed E-state index contributed by atoms with van der Waals surface area (Å²) < 4.78 is 1.70. The first kappa shape index (κ1) is 11.2. The van der Waals surface area contributed by atoms with Crippen LogP contribution in [-0.2, 0) is 6.54 Å². The molecule has 0 spiro atoms. The fourth-order valence-electron chi connectivity index (χ4n) is 1.37. The lowest BCUT2D eigenvalue weighted by Crippen LogP contribution is -2.00. The molecule has 5 nitrogen and oxygen atoms in total. The van der Waals surface area contributed by atoms with Crippen LogP contribution in [0.5, 0.6) is 0 Å². The molecule has 2 heterocycles. The van der Waals surface area contributed by atoms with E-state index in [0.29, 0.717) is 18.7 Å². The first-order chi connectivity index (χ1) is 7.69. The molecule has 0 aliphatic rings. The van der Waals surface area contributed by atoms with Crippen LogP contribution in [0.2, 0.25) is 0 Å². The van der Waals surface area contributed by atoms with E-state index >= 15 is 0 Å². The summed E-state index contributed by atoms with van der Waals surface area (Å²) in [4.78, 5) is 4.35. The molecule has 0 bridgehead atoms. The molecule has 0 aliphatic heterocycles. The quantitative estimate of drug-likeness (QED) is 0.877. The fourth-order valence-corrected chi connectivity index (χ4v) is 2.13. The SMILES string of the molecule is CCC(O)c1cn(Cc2nc(C)cs2)nn1. The van der Waals surface area contributed by atoms with E-state index in [2.05, 4.69) is 15.3 Å². The van der Waals surface area contributed by atoms with Gasteiger partial charge in [-0.3, -0.25) is 0 Å². The average Bonchev–Trinajstić information content (AvgIpc) is 2.87. The maximum Gasteiger partial charge on any atom is 0.114 e. The minimum atomic E-state index is -0.521. The second-order valence-corrected chi connectivity index (χ2v) is 4.59. The van der Waals surface area contributed by atoms with Crippen LogP contribution in [0.1, 0.15) is 35.8 Å². The van der Waals surface area contributed by atoms with Gasteiger partial charge in [0.05, 0.1) is 18.8 Å². The second-order valence-electron chi connectivity index (χ2n) is 3.65. The lowest BCUT2D eigenvalue weighted by atomic mass is 10.2. The lowest BCUT2D eigenvalue weighted by Gasteiger charge is -2.00. The third-order valence-electron chi connectivity index (χ3n) is 2.25. The third-order valence-corrected chi connectivity index (χ3v) is 3.20. The molecule has 1 atom stereocenters. The molecule has 1 N–H and O–H groups in total. The molecule has 86 valence electrons. The lowest BCUT2D eigenvalue weighted by molar-refractivity contribution is 0.168. The van der Waals surface area contributed by atoms with E-state index in [1.807, 2.05) is 19.2 Å². The Kier molecular flexibility index (Phi) is 3.31. The number of nitrogens with zero attached hydrogens (tertiary/aromatic N) is 4. The molecule has 0 aromatic carbocycles. The van der Waals surface area contributed by atoms with Crippen LogP contribution in [0.15, 0.2) is 11.6 Å². The first-order valence-corrected chi connectivity index (χ1v) is 6.06. The van der Waals surface area contributed by atoms with E-state index in [4.69, 9.17) is 0 Å². The molecule has 0 saturated heterocycles. The Balaban J connectivity index is 2.08. The summed E-state index contributed by atoms with van der Waals surface area (Å²) >= 11 is 1.61. The number of aliphatic hydroxyl groups is 1. The highest BCUT2D eigenvalue weighted by Crippen LogP contribution is 2.14. The molecule has 0 aliphatic carbocycles. The van der Waals surface area contributed by atoms with Gasteiger partial charge in [0.2, 0.25) is 0 Å². The summed E-state index contributed by atoms with van der Waals surface area (Å²) in [5.41, 5.74) is 1.64. The molecule has 0 amide bonds. The maximum absolute atomic E-state index is 9.58. The molecule has 2 aromatic heterocycles. The molecule has 6 heteroatoms. The monoisotopic (exact) mass is 238 g/mol. The van der Waals surface area contributed by atoms with Gasteiger partial charge in [-0.2, -0.15) is 0 Å². The number of aromatic nitrogens is 4. The van der Waals surface area contributed by atoms with Gasteiger partial charge in [-0.05, 0) is 13.3 Å². The smallest absolute Gasteiger partial charge is 0.114 e. The number of hydrogen-bond donors (Lipinski definition) is 1. The molecule has 2 rings (SSSR count). The van der Waals surface area contributed by atoms with Crippen LogP contribution in [0.3, 0.4) is 0 Å². The van der Waals surface area contributed by atoms with Gasteiger partial charge >= 0.3 is 0 Å². The van der Waals surface area contributed by atoms with E-state index in [1.54, 1.807) is 22.2 Å². The van der Waals surface area contributed by atoms with Crippen molar-refractivity contribution in [1.29, 1.82) is 0 Å². The average molecular weight is 238 g/mol. The highest BCUT2D eigenvalue weighted by atomic mass is 32.1. The van der Waals surface area contributed by atoms with Gasteiger partial charge in [-0.25, -0.2) is 9.67 Å². The summed E-state index contributed by atoms with van der Waals surface area (Å²) in [5.74, 6) is 0. The summed E-state index contributed by atoms with van der Waals surface area (Å²) in [6.07, 6.45) is 1.90. The predicted molar refractivity (Wildman–Crippen MR) is 61.2 cm³/mol. The Morgan fingerprint density at radius 1 is 1.56 bits per heavy atom. The van der Waals surface area contributed by atoms with E-state index in [0.717, 1.165) is 10.7 Å². The molecule has 1 unspecified atom stereocenters. The van der Waals surface area contributed by atoms with Gasteiger partial charge in [0.25, 0.3) is 0 Å². The number of rotatable bonds is 4. The summed E-state index contributed by atoms with van der Waals surface area (Å²) in [7, 11) is 0. The third kappa shape index (κ3) is 2.45. The predicted octanol–water partition coefficient (Wildman–Crippen LogP) is 1.53. The van der Waals surface area contributed by atoms with Crippen molar-refractivity contribution in [3.63, 3.8) is 0 Å². The minimum absolute atomic E-state index is 0.521. The van der Waals surface area contributed by atoms with Crippen LogP contribution in [0, 0.1) is 6.92 Å². The zero-order chi connectivity index (χ0) is 11.5. The van der Waals surface area contributed by atoms with Gasteiger partial charge in [-0.1, -0.05) is 12.1 Å². The molecular formula is C10H14N4OS. The normalized spacial score (nSPS) is 12.9. The molecule has 0 radical (unpaired) electrons. The zero-order valence-electron chi connectivity index (χ0n) is 9.29. The van der Waals surface area contributed by atoms with E-state index in [1.165, 1.54) is 0 Å². The Labute approximate surface area is 97.8 Å². The van der Waals surface area contributed by atoms with Crippen LogP contribution in [0.25, 0.3) is 0 Å². The van der Waals surface area contributed by atoms with Crippen LogP contribution < -0.4 is 0 Å². The van der Waals surface area contributed by atoms with E-state index in [9.17, 15) is 5.11 Å². The van der Waals surface area contributed by atoms with Crippen molar-refractivity contribution in [1.82, 2.24) is 20.0 Å². The zero-order valence-corrected chi connectivity index (χ0v) is 10.1. The van der Waals surface area contributed by atoms with E-state index < -0.39 is 6.10 Å². The van der Waals surface area contributed by atoms with Gasteiger partial charge in [0, 0.05) is 11.1 Å². The van der Waals surface area contributed by atoms with Crippen LogP contribution in [0.4, 0.5) is 0 Å². The fraction of sp³-hybridized carbons (Fsp3) is 0.500. The van der Waals surface area contributed by atoms with Crippen molar-refractivity contribution < 1.29 is 5.11 Å². The van der Waals surface area contributed by atoms with Crippen LogP contribution >= 0.6 is 11.3 Å². The van der Waals surface area contributed by atoms with Crippen LogP contribution in [-0.4, -0.2) is 25.1 Å². The Morgan fingerprint density at radius 2 is 2.38 bits per heavy atom. The van der Waals surface area contributed by atoms with Crippen molar-refractivity contribution in [3.05, 3.63) is 28.0 Å². The Morgan fingerprint density at radius 3 is 3.00 bits per heavy atom. The molecule has 0 saturated carbocycles. The van der Waals surface area contributed by atoms with Crippen molar-refractivity contribution in [3.8, 4) is 0 Å². The molecule has 2 aromatic rings. The standard InChI is InChI=1S/C10H14N4OS/c1-3-9(15)8-4-14(13-12-8)5-10-11-7(2)6-16-10/h4,6,9,15H,3,5H2,1-2H3. The van der Waals surface area contributed by atoms with Gasteiger partial charge < -0.3 is 5.11 Å². The van der Waals surface area contributed by atoms with Crippen molar-refractivity contribution in [2.24, 2.45) is 0 Å². The number of thiazole rings is 1. The van der Waals surface area contributed by atoms with Crippen molar-refractivity contribution in [2.75, 3.05) is 0 Å². The first-order valence-electron chi connectivity index (χ1n) is 5.18. The number of hydrogen-bond acceptors (Lipinski definition) is 5. The molecule has 16 heavy (non-hydrogen) atoms. The minimum Gasteiger partial charge on any atom is -0.387 e. The summed E-state index contributed by atoms with van der Waals surface area (Å²) in [6.45, 7) is 4.49. The molecular weight excluding hydrogens is 224 g/mol. The topological polar surface area (TPSA) is 63.8 Å². The Hall–Kier alpha value is -1.27. The molecule has 0 fully saturated rings. The van der Waals surface area contributed by atoms with Gasteiger partial charge in [0.1, 0.15) is 10.7 Å². The second kappa shape index (κ2) is 4.71. The number of aliphatic hydroxyl groups excluding tert-OH is 1. The van der Waals surface area contributed by atoms with Crippen molar-refractivity contribution >= 4 is 11.3 Å². The van der Waals surface area contributed by atoms with E-state index in [-0.39, 0.29) is 0 Å². The van der Waals surface area contributed by atoms with Crippen molar-refractivity contribution in [2.45, 2.75) is 32.9 Å². The summed E-state index contributed by atoms with van der Waals surface area (Å²) in [5, 5.41) is 20.5. The van der Waals surface area contributed by atoms with Gasteiger partial charge in [-0.15, -0.1) is 16.4 Å². The Bertz CT molecular complexity index is 465. The highest BCUT2D eigenvalue weighted by Gasteiger charge is 2.10. The van der Waals surface area contributed by atoms with Gasteiger partial charge in [0.15, 0.2) is 0 Å².